The molecule has 3 heteroatoms. The fourth-order valence-corrected chi connectivity index (χ4v) is 2.96. The lowest BCUT2D eigenvalue weighted by Gasteiger charge is -2.34. The molecule has 20 heavy (non-hydrogen) atoms. The Morgan fingerprint density at radius 3 is 2.30 bits per heavy atom. The topological polar surface area (TPSA) is 15.7 Å². The van der Waals surface area contributed by atoms with Crippen LogP contribution in [0.1, 0.15) is 24.8 Å². The Balaban J connectivity index is 1.84. The average Bonchev–Trinajstić information content (AvgIpc) is 2.55. The van der Waals surface area contributed by atoms with Crippen LogP contribution in [-0.4, -0.2) is 49.2 Å². The highest BCUT2D eigenvalue weighted by Crippen LogP contribution is 2.24. The summed E-state index contributed by atoms with van der Waals surface area (Å²) in [5.74, 6) is 0. The van der Waals surface area contributed by atoms with Gasteiger partial charge in [0.25, 0.3) is 0 Å². The number of benzene rings is 1. The Labute approximate surface area is 121 Å². The summed E-state index contributed by atoms with van der Waals surface area (Å²) < 4.78 is 5.45. The van der Waals surface area contributed by atoms with E-state index < -0.39 is 0 Å². The van der Waals surface area contributed by atoms with Crippen LogP contribution in [-0.2, 0) is 4.74 Å². The number of hydrogen-bond acceptors (Lipinski definition) is 3. The number of piperidine rings is 1. The van der Waals surface area contributed by atoms with Crippen molar-refractivity contribution in [3.8, 4) is 0 Å². The van der Waals surface area contributed by atoms with E-state index in [0.717, 1.165) is 26.3 Å². The second kappa shape index (κ2) is 6.80. The van der Waals surface area contributed by atoms with Gasteiger partial charge in [-0.25, -0.2) is 0 Å². The first-order valence-electron chi connectivity index (χ1n) is 7.77. The van der Waals surface area contributed by atoms with Gasteiger partial charge in [-0.15, -0.1) is 0 Å². The molecular formula is C17H24N2O. The zero-order chi connectivity index (χ0) is 13.6. The normalized spacial score (nSPS) is 21.1. The molecule has 0 spiro atoms. The van der Waals surface area contributed by atoms with Gasteiger partial charge in [0, 0.05) is 32.4 Å². The van der Waals surface area contributed by atoms with E-state index >= 15 is 0 Å². The van der Waals surface area contributed by atoms with Gasteiger partial charge in [0.05, 0.1) is 18.9 Å². The smallest absolute Gasteiger partial charge is 0.0642 e. The van der Waals surface area contributed by atoms with E-state index in [1.54, 1.807) is 0 Å². The Morgan fingerprint density at radius 1 is 0.900 bits per heavy atom. The van der Waals surface area contributed by atoms with Crippen LogP contribution in [0.3, 0.4) is 0 Å². The van der Waals surface area contributed by atoms with Crippen molar-refractivity contribution in [1.29, 1.82) is 0 Å². The molecule has 0 bridgehead atoms. The molecule has 0 unspecified atom stereocenters. The molecule has 0 aliphatic carbocycles. The van der Waals surface area contributed by atoms with Crippen molar-refractivity contribution in [3.63, 3.8) is 0 Å². The SMILES string of the molecule is C(=C(/c1ccccc1)N1CCCCC1)/N1CCOCC1. The van der Waals surface area contributed by atoms with Crippen LogP contribution in [0.4, 0.5) is 0 Å². The standard InChI is InChI=1S/C17H24N2O/c1-3-7-16(8-4-1)17(19-9-5-2-6-10-19)15-18-11-13-20-14-12-18/h1,3-4,7-8,15H,2,5-6,9-14H2/b17-15+. The average molecular weight is 272 g/mol. The fourth-order valence-electron chi connectivity index (χ4n) is 2.96. The zero-order valence-corrected chi connectivity index (χ0v) is 12.1. The molecule has 2 fully saturated rings. The van der Waals surface area contributed by atoms with E-state index in [9.17, 15) is 0 Å². The van der Waals surface area contributed by atoms with Gasteiger partial charge in [0.1, 0.15) is 0 Å². The highest BCUT2D eigenvalue weighted by Gasteiger charge is 2.17. The van der Waals surface area contributed by atoms with Gasteiger partial charge in [-0.2, -0.15) is 0 Å². The molecule has 2 heterocycles. The van der Waals surface area contributed by atoms with Crippen LogP contribution in [0.2, 0.25) is 0 Å². The van der Waals surface area contributed by atoms with Crippen LogP contribution < -0.4 is 0 Å². The molecule has 1 aromatic carbocycles. The lowest BCUT2D eigenvalue weighted by Crippen LogP contribution is -2.35. The lowest BCUT2D eigenvalue weighted by atomic mass is 10.1. The Hall–Kier alpha value is -1.48. The molecule has 3 rings (SSSR count). The monoisotopic (exact) mass is 272 g/mol. The Kier molecular flexibility index (Phi) is 4.59. The van der Waals surface area contributed by atoms with Crippen molar-refractivity contribution < 1.29 is 4.74 Å². The summed E-state index contributed by atoms with van der Waals surface area (Å²) in [7, 11) is 0. The van der Waals surface area contributed by atoms with Crippen LogP contribution in [0.5, 0.6) is 0 Å². The lowest BCUT2D eigenvalue weighted by molar-refractivity contribution is 0.0591. The first-order valence-corrected chi connectivity index (χ1v) is 7.77. The third-order valence-corrected chi connectivity index (χ3v) is 4.12. The van der Waals surface area contributed by atoms with Crippen molar-refractivity contribution >= 4 is 5.70 Å². The van der Waals surface area contributed by atoms with Gasteiger partial charge >= 0.3 is 0 Å². The minimum absolute atomic E-state index is 0.846. The van der Waals surface area contributed by atoms with Gasteiger partial charge in [0.15, 0.2) is 0 Å². The molecule has 0 aromatic heterocycles. The predicted octanol–water partition coefficient (Wildman–Crippen LogP) is 2.80. The number of rotatable bonds is 3. The molecule has 3 nitrogen and oxygen atoms in total. The van der Waals surface area contributed by atoms with Crippen molar-refractivity contribution in [2.24, 2.45) is 0 Å². The predicted molar refractivity (Wildman–Crippen MR) is 82.2 cm³/mol. The molecule has 108 valence electrons. The summed E-state index contributed by atoms with van der Waals surface area (Å²) >= 11 is 0. The van der Waals surface area contributed by atoms with Gasteiger partial charge in [-0.3, -0.25) is 0 Å². The quantitative estimate of drug-likeness (QED) is 0.841. The maximum absolute atomic E-state index is 5.45. The second-order valence-electron chi connectivity index (χ2n) is 5.58. The van der Waals surface area contributed by atoms with Crippen molar-refractivity contribution in [2.45, 2.75) is 19.3 Å². The fraction of sp³-hybridized carbons (Fsp3) is 0.529. The van der Waals surface area contributed by atoms with E-state index in [2.05, 4.69) is 46.3 Å². The molecule has 2 aliphatic rings. The molecule has 0 atom stereocenters. The summed E-state index contributed by atoms with van der Waals surface area (Å²) in [5.41, 5.74) is 2.72. The molecule has 2 saturated heterocycles. The molecule has 2 aliphatic heterocycles. The minimum Gasteiger partial charge on any atom is -0.378 e. The number of hydrogen-bond donors (Lipinski definition) is 0. The Bertz CT molecular complexity index is 432. The number of ether oxygens (including phenoxy) is 1. The van der Waals surface area contributed by atoms with Crippen LogP contribution >= 0.6 is 0 Å². The minimum atomic E-state index is 0.846. The highest BCUT2D eigenvalue weighted by molar-refractivity contribution is 5.63. The van der Waals surface area contributed by atoms with Crippen LogP contribution in [0.15, 0.2) is 36.5 Å². The number of nitrogens with zero attached hydrogens (tertiary/aromatic N) is 2. The van der Waals surface area contributed by atoms with E-state index in [1.807, 2.05) is 0 Å². The van der Waals surface area contributed by atoms with Gasteiger partial charge < -0.3 is 14.5 Å². The van der Waals surface area contributed by atoms with Gasteiger partial charge in [-0.1, -0.05) is 30.3 Å². The molecule has 0 N–H and O–H groups in total. The summed E-state index contributed by atoms with van der Waals surface area (Å²) in [5, 5.41) is 0. The summed E-state index contributed by atoms with van der Waals surface area (Å²) in [4.78, 5) is 4.95. The van der Waals surface area contributed by atoms with Gasteiger partial charge in [-0.05, 0) is 24.8 Å². The largest absolute Gasteiger partial charge is 0.378 e. The van der Waals surface area contributed by atoms with Crippen molar-refractivity contribution in [2.75, 3.05) is 39.4 Å². The van der Waals surface area contributed by atoms with Crippen LogP contribution in [0.25, 0.3) is 5.70 Å². The Morgan fingerprint density at radius 2 is 1.60 bits per heavy atom. The number of likely N-dealkylation sites (tertiary alicyclic amines) is 1. The summed E-state index contributed by atoms with van der Waals surface area (Å²) in [6.07, 6.45) is 6.35. The summed E-state index contributed by atoms with van der Waals surface area (Å²) in [6, 6.07) is 10.8. The maximum Gasteiger partial charge on any atom is 0.0642 e. The molecule has 0 saturated carbocycles. The summed E-state index contributed by atoms with van der Waals surface area (Å²) in [6.45, 7) is 6.07. The third-order valence-electron chi connectivity index (χ3n) is 4.12. The molecule has 0 amide bonds. The number of morpholine rings is 1. The molecule has 0 radical (unpaired) electrons. The van der Waals surface area contributed by atoms with E-state index in [-0.39, 0.29) is 0 Å². The molecule has 1 aromatic rings. The highest BCUT2D eigenvalue weighted by atomic mass is 16.5. The maximum atomic E-state index is 5.45. The van der Waals surface area contributed by atoms with E-state index in [4.69, 9.17) is 4.74 Å². The zero-order valence-electron chi connectivity index (χ0n) is 12.1. The van der Waals surface area contributed by atoms with E-state index in [1.165, 1.54) is 43.6 Å². The third kappa shape index (κ3) is 3.34. The first-order chi connectivity index (χ1) is 9.93. The second-order valence-corrected chi connectivity index (χ2v) is 5.58. The van der Waals surface area contributed by atoms with Crippen molar-refractivity contribution in [1.82, 2.24) is 9.80 Å². The first kappa shape index (κ1) is 13.5. The molecular weight excluding hydrogens is 248 g/mol. The van der Waals surface area contributed by atoms with Crippen molar-refractivity contribution in [3.05, 3.63) is 42.1 Å². The van der Waals surface area contributed by atoms with E-state index in [0.29, 0.717) is 0 Å². The van der Waals surface area contributed by atoms with Gasteiger partial charge in [0.2, 0.25) is 0 Å². The van der Waals surface area contributed by atoms with Crippen LogP contribution in [0, 0.1) is 0 Å².